The number of anilines is 1. The summed E-state index contributed by atoms with van der Waals surface area (Å²) in [7, 11) is 0. The van der Waals surface area contributed by atoms with Gasteiger partial charge in [-0.05, 0) is 32.0 Å². The normalized spacial score (nSPS) is 15.3. The van der Waals surface area contributed by atoms with Crippen molar-refractivity contribution in [1.29, 1.82) is 0 Å². The van der Waals surface area contributed by atoms with Gasteiger partial charge in [0.1, 0.15) is 12.4 Å². The SMILES string of the molecule is CC(O)COC(=O)c1ccc(NC(=O)C(C)(O)C(F)(F)F)cc1F. The van der Waals surface area contributed by atoms with Gasteiger partial charge >= 0.3 is 12.1 Å². The van der Waals surface area contributed by atoms with Gasteiger partial charge in [-0.3, -0.25) is 4.79 Å². The third kappa shape index (κ3) is 4.65. The average molecular weight is 353 g/mol. The van der Waals surface area contributed by atoms with Gasteiger partial charge in [-0.25, -0.2) is 9.18 Å². The average Bonchev–Trinajstić information content (AvgIpc) is 2.43. The molecule has 0 fully saturated rings. The lowest BCUT2D eigenvalue weighted by Crippen LogP contribution is -2.52. The largest absolute Gasteiger partial charge is 0.459 e. The van der Waals surface area contributed by atoms with Crippen molar-refractivity contribution in [1.82, 2.24) is 0 Å². The number of carbonyl (C=O) groups excluding carboxylic acids is 2. The molecule has 0 bridgehead atoms. The van der Waals surface area contributed by atoms with E-state index in [-0.39, 0.29) is 13.5 Å². The molecule has 0 radical (unpaired) electrons. The molecule has 2 unspecified atom stereocenters. The van der Waals surface area contributed by atoms with Crippen molar-refractivity contribution in [2.75, 3.05) is 11.9 Å². The van der Waals surface area contributed by atoms with Crippen molar-refractivity contribution in [3.8, 4) is 0 Å². The van der Waals surface area contributed by atoms with Crippen LogP contribution in [-0.4, -0.2) is 46.6 Å². The highest BCUT2D eigenvalue weighted by Gasteiger charge is 2.55. The predicted octanol–water partition coefficient (Wildman–Crippen LogP) is 1.62. The van der Waals surface area contributed by atoms with Gasteiger partial charge in [0.15, 0.2) is 0 Å². The summed E-state index contributed by atoms with van der Waals surface area (Å²) in [5.41, 5.74) is -4.59. The standard InChI is InChI=1S/C14H15F4NO5/c1-7(20)6-24-11(21)9-4-3-8(5-10(9)15)19-12(22)13(2,23)14(16,17)18/h3-5,7,20,23H,6H2,1-2H3,(H,19,22). The number of halogens is 4. The number of benzene rings is 1. The quantitative estimate of drug-likeness (QED) is 0.552. The molecule has 0 spiro atoms. The molecule has 10 heteroatoms. The second kappa shape index (κ2) is 7.14. The first-order valence-corrected chi connectivity index (χ1v) is 6.61. The van der Waals surface area contributed by atoms with Crippen molar-refractivity contribution in [3.05, 3.63) is 29.6 Å². The second-order valence-electron chi connectivity index (χ2n) is 5.17. The lowest BCUT2D eigenvalue weighted by atomic mass is 10.1. The van der Waals surface area contributed by atoms with Crippen LogP contribution in [0.2, 0.25) is 0 Å². The smallest absolute Gasteiger partial charge is 0.426 e. The molecular formula is C14H15F4NO5. The second-order valence-corrected chi connectivity index (χ2v) is 5.17. The zero-order chi connectivity index (χ0) is 18.7. The van der Waals surface area contributed by atoms with E-state index in [9.17, 15) is 32.3 Å². The van der Waals surface area contributed by atoms with Gasteiger partial charge < -0.3 is 20.3 Å². The van der Waals surface area contributed by atoms with Crippen molar-refractivity contribution >= 4 is 17.6 Å². The van der Waals surface area contributed by atoms with Gasteiger partial charge in [-0.2, -0.15) is 13.2 Å². The summed E-state index contributed by atoms with van der Waals surface area (Å²) >= 11 is 0. The number of aliphatic hydroxyl groups is 2. The summed E-state index contributed by atoms with van der Waals surface area (Å²) in [6, 6.07) is 2.45. The number of aliphatic hydroxyl groups excluding tert-OH is 1. The molecular weight excluding hydrogens is 338 g/mol. The molecule has 0 heterocycles. The number of carbonyl (C=O) groups is 2. The molecule has 0 saturated heterocycles. The molecule has 1 aromatic rings. The molecule has 0 saturated carbocycles. The molecule has 0 aliphatic rings. The highest BCUT2D eigenvalue weighted by molar-refractivity contribution is 5.98. The molecule has 3 N–H and O–H groups in total. The Kier molecular flexibility index (Phi) is 5.90. The molecule has 134 valence electrons. The van der Waals surface area contributed by atoms with Crippen LogP contribution in [0.15, 0.2) is 18.2 Å². The third-order valence-corrected chi connectivity index (χ3v) is 2.90. The van der Waals surface area contributed by atoms with E-state index in [4.69, 9.17) is 5.11 Å². The van der Waals surface area contributed by atoms with E-state index >= 15 is 0 Å². The number of amides is 1. The summed E-state index contributed by atoms with van der Waals surface area (Å²) in [6.07, 6.45) is -6.18. The fourth-order valence-corrected chi connectivity index (χ4v) is 1.41. The van der Waals surface area contributed by atoms with Crippen LogP contribution in [0.5, 0.6) is 0 Å². The number of rotatable bonds is 5. The molecule has 24 heavy (non-hydrogen) atoms. The van der Waals surface area contributed by atoms with Crippen molar-refractivity contribution < 1.29 is 42.1 Å². The Bertz CT molecular complexity index is 628. The monoisotopic (exact) mass is 353 g/mol. The number of alkyl halides is 3. The van der Waals surface area contributed by atoms with Gasteiger partial charge in [0.25, 0.3) is 5.91 Å². The van der Waals surface area contributed by atoms with Gasteiger partial charge in [-0.15, -0.1) is 0 Å². The van der Waals surface area contributed by atoms with Gasteiger partial charge in [0.2, 0.25) is 5.60 Å². The van der Waals surface area contributed by atoms with Crippen molar-refractivity contribution in [3.63, 3.8) is 0 Å². The van der Waals surface area contributed by atoms with E-state index in [0.29, 0.717) is 6.07 Å². The number of esters is 1. The zero-order valence-electron chi connectivity index (χ0n) is 12.6. The molecule has 0 aliphatic heterocycles. The number of hydrogen-bond donors (Lipinski definition) is 3. The maximum Gasteiger partial charge on any atom is 0.426 e. The zero-order valence-corrected chi connectivity index (χ0v) is 12.6. The van der Waals surface area contributed by atoms with E-state index in [1.807, 2.05) is 0 Å². The molecule has 6 nitrogen and oxygen atoms in total. The Balaban J connectivity index is 2.89. The number of nitrogens with one attached hydrogen (secondary N) is 1. The minimum absolute atomic E-state index is 0.250. The van der Waals surface area contributed by atoms with Crippen molar-refractivity contribution in [2.45, 2.75) is 31.7 Å². The molecule has 1 rings (SSSR count). The summed E-state index contributed by atoms with van der Waals surface area (Å²) in [5, 5.41) is 19.9. The van der Waals surface area contributed by atoms with E-state index in [2.05, 4.69) is 4.74 Å². The summed E-state index contributed by atoms with van der Waals surface area (Å²) < 4.78 is 55.9. The highest BCUT2D eigenvalue weighted by atomic mass is 19.4. The Labute approximate surface area is 134 Å². The first-order valence-electron chi connectivity index (χ1n) is 6.61. The molecule has 1 amide bonds. The summed E-state index contributed by atoms with van der Waals surface area (Å²) in [6.45, 7) is 1.22. The first kappa shape index (κ1) is 19.8. The number of ether oxygens (including phenoxy) is 1. The fraction of sp³-hybridized carbons (Fsp3) is 0.429. The number of hydrogen-bond acceptors (Lipinski definition) is 5. The van der Waals surface area contributed by atoms with E-state index in [1.54, 1.807) is 5.32 Å². The van der Waals surface area contributed by atoms with E-state index < -0.39 is 46.8 Å². The fourth-order valence-electron chi connectivity index (χ4n) is 1.41. The Morgan fingerprint density at radius 3 is 2.38 bits per heavy atom. The molecule has 0 aromatic heterocycles. The highest BCUT2D eigenvalue weighted by Crippen LogP contribution is 2.31. The van der Waals surface area contributed by atoms with E-state index in [1.165, 1.54) is 6.92 Å². The van der Waals surface area contributed by atoms with Crippen LogP contribution in [0.4, 0.5) is 23.2 Å². The van der Waals surface area contributed by atoms with Crippen LogP contribution in [0.25, 0.3) is 0 Å². The maximum atomic E-state index is 13.8. The van der Waals surface area contributed by atoms with Crippen LogP contribution < -0.4 is 5.32 Å². The van der Waals surface area contributed by atoms with Crippen LogP contribution in [0.3, 0.4) is 0 Å². The van der Waals surface area contributed by atoms with Crippen LogP contribution >= 0.6 is 0 Å². The summed E-state index contributed by atoms with van der Waals surface area (Å²) in [5.74, 6) is -4.05. The van der Waals surface area contributed by atoms with Gasteiger partial charge in [-0.1, -0.05) is 0 Å². The summed E-state index contributed by atoms with van der Waals surface area (Å²) in [4.78, 5) is 23.0. The lowest BCUT2D eigenvalue weighted by molar-refractivity contribution is -0.242. The van der Waals surface area contributed by atoms with Gasteiger partial charge in [0, 0.05) is 5.69 Å². The minimum Gasteiger partial charge on any atom is -0.459 e. The maximum absolute atomic E-state index is 13.8. The first-order chi connectivity index (χ1) is 10.9. The predicted molar refractivity (Wildman–Crippen MR) is 73.7 cm³/mol. The Hall–Kier alpha value is -2.20. The molecule has 2 atom stereocenters. The van der Waals surface area contributed by atoms with Gasteiger partial charge in [0.05, 0.1) is 11.7 Å². The Morgan fingerprint density at radius 1 is 1.33 bits per heavy atom. The third-order valence-electron chi connectivity index (χ3n) is 2.90. The molecule has 1 aromatic carbocycles. The lowest BCUT2D eigenvalue weighted by Gasteiger charge is -2.24. The van der Waals surface area contributed by atoms with Crippen molar-refractivity contribution in [2.24, 2.45) is 0 Å². The Morgan fingerprint density at radius 2 is 1.92 bits per heavy atom. The van der Waals surface area contributed by atoms with Crippen LogP contribution in [0.1, 0.15) is 24.2 Å². The van der Waals surface area contributed by atoms with E-state index in [0.717, 1.165) is 12.1 Å². The minimum atomic E-state index is -5.22. The molecule has 0 aliphatic carbocycles. The topological polar surface area (TPSA) is 95.9 Å². The van der Waals surface area contributed by atoms with Crippen LogP contribution in [-0.2, 0) is 9.53 Å². The van der Waals surface area contributed by atoms with Crippen LogP contribution in [0, 0.1) is 5.82 Å².